The van der Waals surface area contributed by atoms with Crippen molar-refractivity contribution >= 4 is 35.0 Å². The lowest BCUT2D eigenvalue weighted by molar-refractivity contribution is 0.816. The fourth-order valence-electron chi connectivity index (χ4n) is 2.16. The topological polar surface area (TPSA) is 52.6 Å². The van der Waals surface area contributed by atoms with Gasteiger partial charge in [-0.3, -0.25) is 0 Å². The first kappa shape index (κ1) is 19.3. The van der Waals surface area contributed by atoms with Crippen LogP contribution >= 0.6 is 23.2 Å². The Labute approximate surface area is 159 Å². The van der Waals surface area contributed by atoms with Gasteiger partial charge in [0.1, 0.15) is 5.82 Å². The van der Waals surface area contributed by atoms with E-state index in [1.807, 2.05) is 50.2 Å². The molecule has 2 rings (SSSR count). The van der Waals surface area contributed by atoms with Crippen LogP contribution in [0.5, 0.6) is 0 Å². The minimum absolute atomic E-state index is 0.563. The molecule has 1 aromatic heterocycles. The summed E-state index contributed by atoms with van der Waals surface area (Å²) in [6.07, 6.45) is 1.80. The molecular formula is C18H23Cl2N5. The molecule has 0 spiro atoms. The quantitative estimate of drug-likeness (QED) is 0.593. The highest BCUT2D eigenvalue weighted by atomic mass is 35.5. The van der Waals surface area contributed by atoms with Crippen molar-refractivity contribution < 1.29 is 0 Å². The second-order valence-electron chi connectivity index (χ2n) is 5.70. The number of benzene rings is 1. The third-order valence-corrected chi connectivity index (χ3v) is 4.08. The monoisotopic (exact) mass is 379 g/mol. The Morgan fingerprint density at radius 1 is 1.16 bits per heavy atom. The van der Waals surface area contributed by atoms with Crippen molar-refractivity contribution in [2.24, 2.45) is 4.99 Å². The van der Waals surface area contributed by atoms with Crippen molar-refractivity contribution in [2.45, 2.75) is 20.0 Å². The summed E-state index contributed by atoms with van der Waals surface area (Å²) in [5.41, 5.74) is 2.07. The van der Waals surface area contributed by atoms with Gasteiger partial charge in [0.25, 0.3) is 0 Å². The van der Waals surface area contributed by atoms with Crippen LogP contribution in [0.4, 0.5) is 5.82 Å². The van der Waals surface area contributed by atoms with E-state index in [4.69, 9.17) is 23.2 Å². The van der Waals surface area contributed by atoms with E-state index in [-0.39, 0.29) is 0 Å². The number of nitrogens with one attached hydrogen (secondary N) is 2. The predicted octanol–water partition coefficient (Wildman–Crippen LogP) is 3.71. The molecule has 0 aliphatic carbocycles. The summed E-state index contributed by atoms with van der Waals surface area (Å²) in [6, 6.07) is 9.48. The Morgan fingerprint density at radius 2 is 1.96 bits per heavy atom. The van der Waals surface area contributed by atoms with E-state index in [1.165, 1.54) is 0 Å². The van der Waals surface area contributed by atoms with E-state index in [0.717, 1.165) is 29.4 Å². The van der Waals surface area contributed by atoms with E-state index in [0.29, 0.717) is 23.1 Å². The Hall–Kier alpha value is -1.98. The molecule has 0 radical (unpaired) electrons. The summed E-state index contributed by atoms with van der Waals surface area (Å²) < 4.78 is 0. The highest BCUT2D eigenvalue weighted by molar-refractivity contribution is 6.35. The normalized spacial score (nSPS) is 11.3. The lowest BCUT2D eigenvalue weighted by atomic mass is 10.2. The maximum Gasteiger partial charge on any atom is 0.191 e. The summed E-state index contributed by atoms with van der Waals surface area (Å²) in [4.78, 5) is 10.9. The summed E-state index contributed by atoms with van der Waals surface area (Å²) >= 11 is 12.1. The van der Waals surface area contributed by atoms with E-state index in [1.54, 1.807) is 12.3 Å². The van der Waals surface area contributed by atoms with Gasteiger partial charge < -0.3 is 15.5 Å². The van der Waals surface area contributed by atoms with Gasteiger partial charge in [0, 0.05) is 43.4 Å². The summed E-state index contributed by atoms with van der Waals surface area (Å²) in [5, 5.41) is 7.79. The number of halogens is 2. The average molecular weight is 380 g/mol. The number of rotatable bonds is 6. The molecule has 25 heavy (non-hydrogen) atoms. The van der Waals surface area contributed by atoms with Crippen molar-refractivity contribution in [3.8, 4) is 0 Å². The minimum atomic E-state index is 0.563. The second-order valence-corrected chi connectivity index (χ2v) is 6.54. The number of aliphatic imine (C=N–C) groups is 1. The molecule has 134 valence electrons. The first-order valence-electron chi connectivity index (χ1n) is 8.08. The van der Waals surface area contributed by atoms with Crippen LogP contribution < -0.4 is 15.5 Å². The van der Waals surface area contributed by atoms with Crippen molar-refractivity contribution in [3.05, 3.63) is 57.7 Å². The number of hydrogen-bond acceptors (Lipinski definition) is 3. The molecule has 0 saturated carbocycles. The van der Waals surface area contributed by atoms with E-state index >= 15 is 0 Å². The van der Waals surface area contributed by atoms with E-state index in [9.17, 15) is 0 Å². The zero-order valence-electron chi connectivity index (χ0n) is 14.7. The molecule has 7 heteroatoms. The lowest BCUT2D eigenvalue weighted by Gasteiger charge is -2.13. The largest absolute Gasteiger partial charge is 0.363 e. The van der Waals surface area contributed by atoms with Crippen LogP contribution in [0.3, 0.4) is 0 Å². The van der Waals surface area contributed by atoms with Crippen LogP contribution in [-0.2, 0) is 13.1 Å². The van der Waals surface area contributed by atoms with E-state index < -0.39 is 0 Å². The highest BCUT2D eigenvalue weighted by Gasteiger charge is 2.04. The standard InChI is InChI=1S/C18H23Cl2N5/c1-4-21-18(24-12-14-5-6-15(19)10-16(14)20)23-11-13-7-8-22-17(9-13)25(2)3/h5-10H,4,11-12H2,1-3H3,(H2,21,23,24). The molecule has 0 bridgehead atoms. The molecule has 0 unspecified atom stereocenters. The molecule has 5 nitrogen and oxygen atoms in total. The first-order chi connectivity index (χ1) is 12.0. The molecule has 1 aromatic carbocycles. The fraction of sp³-hybridized carbons (Fsp3) is 0.333. The third kappa shape index (κ3) is 6.11. The van der Waals surface area contributed by atoms with E-state index in [2.05, 4.69) is 20.6 Å². The zero-order chi connectivity index (χ0) is 18.2. The predicted molar refractivity (Wildman–Crippen MR) is 107 cm³/mol. The number of pyridine rings is 1. The van der Waals surface area contributed by atoms with Crippen molar-refractivity contribution in [2.75, 3.05) is 25.5 Å². The summed E-state index contributed by atoms with van der Waals surface area (Å²) in [7, 11) is 3.94. The van der Waals surface area contributed by atoms with Crippen molar-refractivity contribution in [1.82, 2.24) is 15.6 Å². The van der Waals surface area contributed by atoms with Crippen LogP contribution in [0.25, 0.3) is 0 Å². The molecule has 2 N–H and O–H groups in total. The number of nitrogens with zero attached hydrogens (tertiary/aromatic N) is 3. The van der Waals surface area contributed by atoms with Crippen LogP contribution in [0.15, 0.2) is 41.5 Å². The molecule has 0 amide bonds. The number of guanidine groups is 1. The van der Waals surface area contributed by atoms with Gasteiger partial charge in [0.05, 0.1) is 6.54 Å². The molecule has 0 atom stereocenters. The average Bonchev–Trinajstić information content (AvgIpc) is 2.59. The number of hydrogen-bond donors (Lipinski definition) is 2. The Bertz CT molecular complexity index is 731. The van der Waals surface area contributed by atoms with Gasteiger partial charge in [-0.05, 0) is 42.3 Å². The summed E-state index contributed by atoms with van der Waals surface area (Å²) in [5.74, 6) is 1.65. The maximum atomic E-state index is 6.21. The zero-order valence-corrected chi connectivity index (χ0v) is 16.2. The van der Waals surface area contributed by atoms with Gasteiger partial charge in [0.2, 0.25) is 0 Å². The molecule has 0 fully saturated rings. The van der Waals surface area contributed by atoms with Gasteiger partial charge in [-0.25, -0.2) is 9.98 Å². The van der Waals surface area contributed by atoms with Gasteiger partial charge in [-0.1, -0.05) is 29.3 Å². The van der Waals surface area contributed by atoms with Crippen molar-refractivity contribution in [3.63, 3.8) is 0 Å². The molecule has 0 aliphatic heterocycles. The smallest absolute Gasteiger partial charge is 0.191 e. The van der Waals surface area contributed by atoms with Crippen LogP contribution in [0.2, 0.25) is 10.0 Å². The highest BCUT2D eigenvalue weighted by Crippen LogP contribution is 2.20. The molecular weight excluding hydrogens is 357 g/mol. The van der Waals surface area contributed by atoms with Gasteiger partial charge >= 0.3 is 0 Å². The second kappa shape index (κ2) is 9.49. The Morgan fingerprint density at radius 3 is 2.64 bits per heavy atom. The fourth-order valence-corrected chi connectivity index (χ4v) is 2.63. The van der Waals surface area contributed by atoms with Crippen LogP contribution in [-0.4, -0.2) is 31.6 Å². The Kier molecular flexibility index (Phi) is 7.34. The third-order valence-electron chi connectivity index (χ3n) is 3.49. The lowest BCUT2D eigenvalue weighted by Crippen LogP contribution is -2.36. The number of aromatic nitrogens is 1. The molecule has 1 heterocycles. The minimum Gasteiger partial charge on any atom is -0.363 e. The molecule has 0 aliphatic rings. The van der Waals surface area contributed by atoms with Gasteiger partial charge in [-0.15, -0.1) is 0 Å². The first-order valence-corrected chi connectivity index (χ1v) is 8.83. The maximum absolute atomic E-state index is 6.21. The molecule has 2 aromatic rings. The summed E-state index contributed by atoms with van der Waals surface area (Å²) in [6.45, 7) is 3.94. The molecule has 0 saturated heterocycles. The number of anilines is 1. The SMILES string of the molecule is CCNC(=NCc1ccnc(N(C)C)c1)NCc1ccc(Cl)cc1Cl. The van der Waals surface area contributed by atoms with Crippen molar-refractivity contribution in [1.29, 1.82) is 0 Å². The van der Waals surface area contributed by atoms with Crippen LogP contribution in [0, 0.1) is 0 Å². The Balaban J connectivity index is 2.04. The van der Waals surface area contributed by atoms with Crippen LogP contribution in [0.1, 0.15) is 18.1 Å². The van der Waals surface area contributed by atoms with Gasteiger partial charge in [-0.2, -0.15) is 0 Å². The van der Waals surface area contributed by atoms with Gasteiger partial charge in [0.15, 0.2) is 5.96 Å².